The molecule has 8 nitrogen and oxygen atoms in total. The third-order valence-corrected chi connectivity index (χ3v) is 6.73. The zero-order valence-electron chi connectivity index (χ0n) is 18.8. The monoisotopic (exact) mass is 515 g/mol. The molecule has 1 atom stereocenters. The Morgan fingerprint density at radius 1 is 1.15 bits per heavy atom. The standard InChI is InChI=1S/C22H27Cl2N3O5S/c1-5-18(22(29)25-2)26(13-15-10-11-16(23)12-17(15)24)21(28)14-27(33(4,30)31)19-8-6-7-9-20(19)32-3/h6-12,18H,5,13-14H2,1-4H3,(H,25,29). The highest BCUT2D eigenvalue weighted by atomic mass is 35.5. The number of likely N-dealkylation sites (N-methyl/N-ethyl adjacent to an activating group) is 1. The Morgan fingerprint density at radius 2 is 1.82 bits per heavy atom. The van der Waals surface area contributed by atoms with E-state index in [1.165, 1.54) is 19.1 Å². The summed E-state index contributed by atoms with van der Waals surface area (Å²) in [6.07, 6.45) is 1.31. The van der Waals surface area contributed by atoms with E-state index in [1.807, 2.05) is 0 Å². The van der Waals surface area contributed by atoms with Crippen molar-refractivity contribution in [1.29, 1.82) is 0 Å². The van der Waals surface area contributed by atoms with Crippen LogP contribution in [0.25, 0.3) is 0 Å². The molecule has 0 fully saturated rings. The van der Waals surface area contributed by atoms with Crippen LogP contribution in [0.3, 0.4) is 0 Å². The van der Waals surface area contributed by atoms with Gasteiger partial charge in [-0.2, -0.15) is 0 Å². The van der Waals surface area contributed by atoms with Crippen molar-refractivity contribution >= 4 is 50.7 Å². The molecule has 2 amide bonds. The zero-order chi connectivity index (χ0) is 24.8. The average Bonchev–Trinajstić information content (AvgIpc) is 2.77. The van der Waals surface area contributed by atoms with Crippen LogP contribution in [0.4, 0.5) is 5.69 Å². The predicted molar refractivity (Wildman–Crippen MR) is 130 cm³/mol. The number of halogens is 2. The van der Waals surface area contributed by atoms with Crippen LogP contribution in [0.15, 0.2) is 42.5 Å². The summed E-state index contributed by atoms with van der Waals surface area (Å²) in [4.78, 5) is 27.4. The van der Waals surface area contributed by atoms with Crippen molar-refractivity contribution in [1.82, 2.24) is 10.2 Å². The lowest BCUT2D eigenvalue weighted by Crippen LogP contribution is -2.51. The van der Waals surface area contributed by atoms with Crippen LogP contribution in [0.2, 0.25) is 10.0 Å². The van der Waals surface area contributed by atoms with E-state index in [0.29, 0.717) is 27.8 Å². The number of rotatable bonds is 10. The Morgan fingerprint density at radius 3 is 2.36 bits per heavy atom. The molecule has 1 unspecified atom stereocenters. The number of nitrogens with one attached hydrogen (secondary N) is 1. The number of nitrogens with zero attached hydrogens (tertiary/aromatic N) is 2. The van der Waals surface area contributed by atoms with E-state index in [1.54, 1.807) is 49.4 Å². The summed E-state index contributed by atoms with van der Waals surface area (Å²) in [5.74, 6) is -0.659. The highest BCUT2D eigenvalue weighted by molar-refractivity contribution is 7.92. The van der Waals surface area contributed by atoms with E-state index in [9.17, 15) is 18.0 Å². The van der Waals surface area contributed by atoms with E-state index >= 15 is 0 Å². The Kier molecular flexibility index (Phi) is 9.39. The van der Waals surface area contributed by atoms with Gasteiger partial charge in [0.15, 0.2) is 0 Å². The van der Waals surface area contributed by atoms with Gasteiger partial charge in [-0.15, -0.1) is 0 Å². The fourth-order valence-corrected chi connectivity index (χ4v) is 4.67. The first kappa shape index (κ1) is 26.8. The summed E-state index contributed by atoms with van der Waals surface area (Å²) in [6.45, 7) is 1.22. The fraction of sp³-hybridized carbons (Fsp3) is 0.364. The number of ether oxygens (including phenoxy) is 1. The first-order valence-corrected chi connectivity index (χ1v) is 12.7. The number of anilines is 1. The zero-order valence-corrected chi connectivity index (χ0v) is 21.2. The highest BCUT2D eigenvalue weighted by Gasteiger charge is 2.32. The second kappa shape index (κ2) is 11.6. The Hall–Kier alpha value is -2.49. The molecule has 0 aliphatic carbocycles. The van der Waals surface area contributed by atoms with Gasteiger partial charge in [-0.05, 0) is 36.2 Å². The molecule has 33 heavy (non-hydrogen) atoms. The number of hydrogen-bond acceptors (Lipinski definition) is 5. The minimum atomic E-state index is -3.86. The number of methoxy groups -OCH3 is 1. The number of carbonyl (C=O) groups is 2. The van der Waals surface area contributed by atoms with Crippen molar-refractivity contribution < 1.29 is 22.7 Å². The largest absolute Gasteiger partial charge is 0.495 e. The fourth-order valence-electron chi connectivity index (χ4n) is 3.35. The molecular formula is C22H27Cl2N3O5S. The van der Waals surface area contributed by atoms with Gasteiger partial charge in [0.05, 0.1) is 19.1 Å². The molecule has 0 aromatic heterocycles. The molecule has 2 aromatic carbocycles. The molecule has 0 aliphatic rings. The molecule has 0 bridgehead atoms. The molecule has 0 spiro atoms. The van der Waals surface area contributed by atoms with Crippen molar-refractivity contribution in [2.24, 2.45) is 0 Å². The second-order valence-electron chi connectivity index (χ2n) is 7.24. The highest BCUT2D eigenvalue weighted by Crippen LogP contribution is 2.30. The van der Waals surface area contributed by atoms with E-state index < -0.39 is 28.5 Å². The van der Waals surface area contributed by atoms with Crippen molar-refractivity contribution in [2.45, 2.75) is 25.9 Å². The molecule has 2 rings (SSSR count). The van der Waals surface area contributed by atoms with Gasteiger partial charge in [-0.3, -0.25) is 13.9 Å². The van der Waals surface area contributed by atoms with Crippen molar-refractivity contribution in [3.63, 3.8) is 0 Å². The van der Waals surface area contributed by atoms with E-state index in [2.05, 4.69) is 5.32 Å². The Bertz CT molecular complexity index is 1110. The maximum atomic E-state index is 13.5. The molecule has 0 saturated heterocycles. The van der Waals surface area contributed by atoms with E-state index in [0.717, 1.165) is 10.6 Å². The molecule has 2 aromatic rings. The van der Waals surface area contributed by atoms with Crippen molar-refractivity contribution in [3.8, 4) is 5.75 Å². The van der Waals surface area contributed by atoms with Crippen molar-refractivity contribution in [3.05, 3.63) is 58.1 Å². The normalized spacial score (nSPS) is 12.1. The van der Waals surface area contributed by atoms with Crippen LogP contribution in [-0.2, 0) is 26.2 Å². The molecule has 0 radical (unpaired) electrons. The maximum absolute atomic E-state index is 13.5. The van der Waals surface area contributed by atoms with E-state index in [-0.39, 0.29) is 18.1 Å². The summed E-state index contributed by atoms with van der Waals surface area (Å²) in [7, 11) is -0.978. The summed E-state index contributed by atoms with van der Waals surface area (Å²) >= 11 is 12.3. The van der Waals surface area contributed by atoms with Crippen LogP contribution < -0.4 is 14.4 Å². The van der Waals surface area contributed by atoms with Crippen LogP contribution in [-0.4, -0.2) is 58.1 Å². The van der Waals surface area contributed by atoms with Crippen LogP contribution >= 0.6 is 23.2 Å². The van der Waals surface area contributed by atoms with E-state index in [4.69, 9.17) is 27.9 Å². The van der Waals surface area contributed by atoms with Gasteiger partial charge < -0.3 is 15.0 Å². The minimum Gasteiger partial charge on any atom is -0.495 e. The topological polar surface area (TPSA) is 96.0 Å². The van der Waals surface area contributed by atoms with Gasteiger partial charge in [0.2, 0.25) is 21.8 Å². The molecule has 0 saturated carbocycles. The van der Waals surface area contributed by atoms with Gasteiger partial charge in [0, 0.05) is 23.6 Å². The summed E-state index contributed by atoms with van der Waals surface area (Å²) in [6, 6.07) is 10.5. The Labute approximate surface area is 204 Å². The van der Waals surface area contributed by atoms with Gasteiger partial charge in [-0.25, -0.2) is 8.42 Å². The molecule has 0 aliphatic heterocycles. The lowest BCUT2D eigenvalue weighted by atomic mass is 10.1. The first-order chi connectivity index (χ1) is 15.5. The number of para-hydroxylation sites is 2. The molecule has 1 N–H and O–H groups in total. The third kappa shape index (κ3) is 6.75. The smallest absolute Gasteiger partial charge is 0.244 e. The molecular weight excluding hydrogens is 489 g/mol. The van der Waals surface area contributed by atoms with Crippen LogP contribution in [0.5, 0.6) is 5.75 Å². The lowest BCUT2D eigenvalue weighted by molar-refractivity contribution is -0.140. The first-order valence-electron chi connectivity index (χ1n) is 10.1. The van der Waals surface area contributed by atoms with Gasteiger partial charge in [0.25, 0.3) is 0 Å². The summed E-state index contributed by atoms with van der Waals surface area (Å²) < 4.78 is 31.5. The minimum absolute atomic E-state index is 0.00963. The van der Waals surface area contributed by atoms with Gasteiger partial charge in [0.1, 0.15) is 18.3 Å². The molecule has 0 heterocycles. The second-order valence-corrected chi connectivity index (χ2v) is 9.99. The van der Waals surface area contributed by atoms with Gasteiger partial charge in [-0.1, -0.05) is 48.3 Å². The van der Waals surface area contributed by atoms with Crippen LogP contribution in [0.1, 0.15) is 18.9 Å². The predicted octanol–water partition coefficient (Wildman–Crippen LogP) is 3.32. The number of carbonyl (C=O) groups excluding carboxylic acids is 2. The average molecular weight is 516 g/mol. The molecule has 11 heteroatoms. The molecule has 180 valence electrons. The van der Waals surface area contributed by atoms with Gasteiger partial charge >= 0.3 is 0 Å². The number of benzene rings is 2. The van der Waals surface area contributed by atoms with Crippen LogP contribution in [0, 0.1) is 0 Å². The third-order valence-electron chi connectivity index (χ3n) is 5.02. The SMILES string of the molecule is CCC(C(=O)NC)N(Cc1ccc(Cl)cc1Cl)C(=O)CN(c1ccccc1OC)S(C)(=O)=O. The van der Waals surface area contributed by atoms with Crippen molar-refractivity contribution in [2.75, 3.05) is 31.3 Å². The number of sulfonamides is 1. The summed E-state index contributed by atoms with van der Waals surface area (Å²) in [5, 5.41) is 3.32. The lowest BCUT2D eigenvalue weighted by Gasteiger charge is -2.33. The number of amides is 2. The quantitative estimate of drug-likeness (QED) is 0.523. The Balaban J connectivity index is 2.50. The maximum Gasteiger partial charge on any atom is 0.244 e. The summed E-state index contributed by atoms with van der Waals surface area (Å²) in [5.41, 5.74) is 0.785. The number of hydrogen-bond donors (Lipinski definition) is 1.